The molecular formula is C33H57PPd+2. The topological polar surface area (TPSA) is 0 Å². The van der Waals surface area contributed by atoms with Gasteiger partial charge < -0.3 is 7.43 Å². The molecule has 0 radical (unpaired) electrons. The average Bonchev–Trinajstić information content (AvgIpc) is 2.65. The zero-order valence-corrected chi connectivity index (χ0v) is 28.3. The Kier molecular flexibility index (Phi) is 15.8. The smallest absolute Gasteiger partial charge is 0.358 e. The predicted molar refractivity (Wildman–Crippen MR) is 164 cm³/mol. The SMILES string of the molecule is CC(C)c1cc(C(C)C)c(-c2ccccc2[PH+](C(C)(C)C)C(C)(C)C)c(C(C)C)c1.CCC.[CH3-].[Pd+2]. The third-order valence-electron chi connectivity index (χ3n) is 6.10. The van der Waals surface area contributed by atoms with Crippen molar-refractivity contribution < 1.29 is 20.4 Å². The Bertz CT molecular complexity index is 836. The third-order valence-corrected chi connectivity index (χ3v) is 10.1. The van der Waals surface area contributed by atoms with Gasteiger partial charge in [0.2, 0.25) is 0 Å². The van der Waals surface area contributed by atoms with Crippen molar-refractivity contribution in [3.63, 3.8) is 0 Å². The third kappa shape index (κ3) is 9.73. The second kappa shape index (κ2) is 15.1. The Hall–Kier alpha value is -0.468. The standard InChI is InChI=1S/C29H45P.C3H8.CH3.Pd/c1-19(2)22-17-24(20(3)4)27(25(18-22)21(5)6)23-15-13-14-16-26(23)30(28(7,8)9)29(10,11)12;1-3-2;;/h13-21H,1-12H3;3H2,1-2H3;1H3;/q;;-1;+2/p+1. The Morgan fingerprint density at radius 3 is 1.37 bits per heavy atom. The van der Waals surface area contributed by atoms with Gasteiger partial charge in [-0.1, -0.05) is 92.1 Å². The van der Waals surface area contributed by atoms with Crippen molar-refractivity contribution in [1.82, 2.24) is 0 Å². The van der Waals surface area contributed by atoms with Crippen LogP contribution in [0.2, 0.25) is 0 Å². The zero-order valence-electron chi connectivity index (χ0n) is 25.7. The van der Waals surface area contributed by atoms with Gasteiger partial charge in [-0.15, -0.1) is 0 Å². The molecule has 0 aliphatic heterocycles. The fraction of sp³-hybridized carbons (Fsp3) is 0.606. The quantitative estimate of drug-likeness (QED) is 0.184. The summed E-state index contributed by atoms with van der Waals surface area (Å²) in [6, 6.07) is 14.3. The molecule has 0 nitrogen and oxygen atoms in total. The Balaban J connectivity index is 0. The molecule has 2 heteroatoms. The van der Waals surface area contributed by atoms with Crippen LogP contribution in [0, 0.1) is 7.43 Å². The Morgan fingerprint density at radius 1 is 0.686 bits per heavy atom. The maximum atomic E-state index is 2.49. The largest absolute Gasteiger partial charge is 2.00 e. The van der Waals surface area contributed by atoms with E-state index < -0.39 is 7.92 Å². The van der Waals surface area contributed by atoms with E-state index >= 15 is 0 Å². The van der Waals surface area contributed by atoms with E-state index in [0.717, 1.165) is 0 Å². The Morgan fingerprint density at radius 2 is 1.06 bits per heavy atom. The molecule has 0 N–H and O–H groups in total. The van der Waals surface area contributed by atoms with E-state index in [1.165, 1.54) is 34.2 Å². The molecule has 0 bridgehead atoms. The van der Waals surface area contributed by atoms with Gasteiger partial charge in [-0.05, 0) is 87.6 Å². The summed E-state index contributed by atoms with van der Waals surface area (Å²) >= 11 is 0. The molecule has 0 saturated carbocycles. The fourth-order valence-corrected chi connectivity index (χ4v) is 9.73. The molecule has 0 heterocycles. The van der Waals surface area contributed by atoms with Gasteiger partial charge in [0.1, 0.15) is 5.30 Å². The zero-order chi connectivity index (χ0) is 25.7. The van der Waals surface area contributed by atoms with E-state index in [4.69, 9.17) is 0 Å². The Labute approximate surface area is 235 Å². The van der Waals surface area contributed by atoms with Crippen LogP contribution >= 0.6 is 7.92 Å². The van der Waals surface area contributed by atoms with E-state index in [1.807, 2.05) is 0 Å². The summed E-state index contributed by atoms with van der Waals surface area (Å²) in [6.07, 6.45) is 1.25. The molecule has 35 heavy (non-hydrogen) atoms. The maximum absolute atomic E-state index is 2.49. The van der Waals surface area contributed by atoms with Crippen LogP contribution in [0.3, 0.4) is 0 Å². The first-order chi connectivity index (χ1) is 15.1. The fourth-order valence-electron chi connectivity index (χ4n) is 5.12. The van der Waals surface area contributed by atoms with Crippen molar-refractivity contribution in [2.45, 2.75) is 131 Å². The molecule has 2 aromatic carbocycles. The minimum Gasteiger partial charge on any atom is -0.358 e. The van der Waals surface area contributed by atoms with E-state index in [2.05, 4.69) is 133 Å². The summed E-state index contributed by atoms with van der Waals surface area (Å²) < 4.78 is 0. The summed E-state index contributed by atoms with van der Waals surface area (Å²) in [6.45, 7) is 33.0. The molecule has 0 spiro atoms. The van der Waals surface area contributed by atoms with Crippen LogP contribution in [0.15, 0.2) is 36.4 Å². The molecule has 0 atom stereocenters. The van der Waals surface area contributed by atoms with E-state index in [1.54, 1.807) is 5.30 Å². The van der Waals surface area contributed by atoms with Gasteiger partial charge in [-0.25, -0.2) is 0 Å². The summed E-state index contributed by atoms with van der Waals surface area (Å²) in [4.78, 5) is 0. The van der Waals surface area contributed by atoms with Crippen LogP contribution in [0.4, 0.5) is 0 Å². The van der Waals surface area contributed by atoms with E-state index in [-0.39, 0.29) is 38.2 Å². The van der Waals surface area contributed by atoms with Crippen LogP contribution in [-0.2, 0) is 20.4 Å². The van der Waals surface area contributed by atoms with Gasteiger partial charge in [0, 0.05) is 13.5 Å². The van der Waals surface area contributed by atoms with E-state index in [0.29, 0.717) is 17.8 Å². The maximum Gasteiger partial charge on any atom is 2.00 e. The van der Waals surface area contributed by atoms with Gasteiger partial charge in [0.15, 0.2) is 0 Å². The molecule has 0 fully saturated rings. The molecule has 0 aliphatic rings. The second-order valence-corrected chi connectivity index (χ2v) is 17.0. The summed E-state index contributed by atoms with van der Waals surface area (Å²) in [7, 11) is -0.840. The number of rotatable bonds is 5. The molecule has 2 aromatic rings. The molecule has 2 rings (SSSR count). The van der Waals surface area contributed by atoms with Gasteiger partial charge in [-0.3, -0.25) is 0 Å². The first-order valence-electron chi connectivity index (χ1n) is 13.2. The van der Waals surface area contributed by atoms with Crippen LogP contribution in [0.5, 0.6) is 0 Å². The summed E-state index contributed by atoms with van der Waals surface area (Å²) in [5, 5.41) is 2.17. The van der Waals surface area contributed by atoms with Crippen molar-refractivity contribution in [3.05, 3.63) is 60.5 Å². The van der Waals surface area contributed by atoms with Gasteiger partial charge in [0.25, 0.3) is 0 Å². The van der Waals surface area contributed by atoms with Crippen molar-refractivity contribution in [1.29, 1.82) is 0 Å². The van der Waals surface area contributed by atoms with Crippen LogP contribution in [0.25, 0.3) is 11.1 Å². The van der Waals surface area contributed by atoms with Crippen molar-refractivity contribution in [2.75, 3.05) is 0 Å². The van der Waals surface area contributed by atoms with Crippen molar-refractivity contribution in [3.8, 4) is 11.1 Å². The molecule has 0 aromatic heterocycles. The van der Waals surface area contributed by atoms with Crippen LogP contribution in [-0.4, -0.2) is 10.3 Å². The molecular weight excluding hydrogens is 534 g/mol. The number of hydrogen-bond acceptors (Lipinski definition) is 0. The normalized spacial score (nSPS) is 11.8. The average molecular weight is 591 g/mol. The predicted octanol–water partition coefficient (Wildman–Crippen LogP) is 11.0. The number of benzene rings is 2. The first-order valence-corrected chi connectivity index (χ1v) is 14.7. The minimum absolute atomic E-state index is 0. The monoisotopic (exact) mass is 590 g/mol. The van der Waals surface area contributed by atoms with Gasteiger partial charge in [0.05, 0.1) is 10.3 Å². The minimum atomic E-state index is -0.840. The van der Waals surface area contributed by atoms with Crippen LogP contribution < -0.4 is 5.30 Å². The van der Waals surface area contributed by atoms with Crippen LogP contribution in [0.1, 0.15) is 138 Å². The molecule has 0 unspecified atom stereocenters. The molecule has 202 valence electrons. The second-order valence-electron chi connectivity index (χ2n) is 12.7. The van der Waals surface area contributed by atoms with E-state index in [9.17, 15) is 0 Å². The van der Waals surface area contributed by atoms with Gasteiger partial charge in [-0.2, -0.15) is 0 Å². The van der Waals surface area contributed by atoms with Crippen molar-refractivity contribution >= 4 is 13.2 Å². The first kappa shape index (κ1) is 36.7. The molecule has 0 saturated heterocycles. The van der Waals surface area contributed by atoms with Gasteiger partial charge >= 0.3 is 20.4 Å². The molecule has 0 amide bonds. The molecule has 0 aliphatic carbocycles. The summed E-state index contributed by atoms with van der Waals surface area (Å²) in [5.41, 5.74) is 7.50. The van der Waals surface area contributed by atoms with Crippen molar-refractivity contribution in [2.24, 2.45) is 0 Å². The summed E-state index contributed by atoms with van der Waals surface area (Å²) in [5.74, 6) is 1.56. The number of hydrogen-bond donors (Lipinski definition) is 0.